The summed E-state index contributed by atoms with van der Waals surface area (Å²) >= 11 is 1.58. The number of thiazole rings is 1. The number of aromatic nitrogens is 3. The van der Waals surface area contributed by atoms with E-state index in [-0.39, 0.29) is 0 Å². The Morgan fingerprint density at radius 3 is 3.13 bits per heavy atom. The molecule has 0 saturated carbocycles. The Hall–Kier alpha value is -1.20. The summed E-state index contributed by atoms with van der Waals surface area (Å²) in [4.78, 5) is 11.7. The van der Waals surface area contributed by atoms with Crippen LogP contribution in [0.25, 0.3) is 11.5 Å². The van der Waals surface area contributed by atoms with Crippen LogP contribution in [0.5, 0.6) is 0 Å². The van der Waals surface area contributed by atoms with Crippen molar-refractivity contribution < 1.29 is 0 Å². The molecule has 2 heterocycles. The maximum atomic E-state index is 4.29. The first-order valence-electron chi connectivity index (χ1n) is 5.03. The van der Waals surface area contributed by atoms with Crippen molar-refractivity contribution in [3.63, 3.8) is 0 Å². The summed E-state index contributed by atoms with van der Waals surface area (Å²) < 4.78 is 0. The van der Waals surface area contributed by atoms with Crippen molar-refractivity contribution in [1.29, 1.82) is 0 Å². The summed E-state index contributed by atoms with van der Waals surface area (Å²) in [7, 11) is 0. The molecule has 0 aromatic carbocycles. The molecule has 15 heavy (non-hydrogen) atoms. The third kappa shape index (κ3) is 2.64. The molecule has 80 valence electrons. The molecule has 0 aliphatic rings. The van der Waals surface area contributed by atoms with Gasteiger partial charge in [-0.1, -0.05) is 6.92 Å². The Balaban J connectivity index is 1.98. The molecule has 0 radical (unpaired) electrons. The number of aromatic amines is 1. The van der Waals surface area contributed by atoms with Gasteiger partial charge in [0, 0.05) is 17.6 Å². The molecular weight excluding hydrogens is 208 g/mol. The first kappa shape index (κ1) is 10.3. The number of rotatable bonds is 5. The SMILES string of the molecule is CCCNCc1cnc(-c2cscn2)[nH]1. The van der Waals surface area contributed by atoms with Crippen molar-refractivity contribution in [2.24, 2.45) is 0 Å². The number of hydrogen-bond acceptors (Lipinski definition) is 4. The third-order valence-electron chi connectivity index (χ3n) is 2.05. The van der Waals surface area contributed by atoms with E-state index in [9.17, 15) is 0 Å². The van der Waals surface area contributed by atoms with Crippen molar-refractivity contribution >= 4 is 11.3 Å². The summed E-state index contributed by atoms with van der Waals surface area (Å²) in [5.74, 6) is 0.851. The predicted molar refractivity (Wildman–Crippen MR) is 61.7 cm³/mol. The molecule has 2 aromatic heterocycles. The van der Waals surface area contributed by atoms with Gasteiger partial charge in [-0.05, 0) is 13.0 Å². The van der Waals surface area contributed by atoms with Crippen LogP contribution < -0.4 is 5.32 Å². The van der Waals surface area contributed by atoms with E-state index in [4.69, 9.17) is 0 Å². The Morgan fingerprint density at radius 2 is 2.40 bits per heavy atom. The van der Waals surface area contributed by atoms with Crippen molar-refractivity contribution in [3.8, 4) is 11.5 Å². The number of H-pyrrole nitrogens is 1. The Labute approximate surface area is 92.8 Å². The summed E-state index contributed by atoms with van der Waals surface area (Å²) in [6.45, 7) is 4.02. The van der Waals surface area contributed by atoms with Gasteiger partial charge in [0.05, 0.1) is 11.7 Å². The molecule has 2 rings (SSSR count). The van der Waals surface area contributed by atoms with Gasteiger partial charge in [0.2, 0.25) is 0 Å². The number of nitrogens with zero attached hydrogens (tertiary/aromatic N) is 2. The lowest BCUT2D eigenvalue weighted by Crippen LogP contribution is -2.13. The maximum absolute atomic E-state index is 4.29. The van der Waals surface area contributed by atoms with Crippen LogP contribution >= 0.6 is 11.3 Å². The normalized spacial score (nSPS) is 10.7. The molecule has 0 saturated heterocycles. The zero-order chi connectivity index (χ0) is 10.5. The minimum absolute atomic E-state index is 0.838. The van der Waals surface area contributed by atoms with Crippen LogP contribution in [-0.2, 0) is 6.54 Å². The largest absolute Gasteiger partial charge is 0.339 e. The number of imidazole rings is 1. The summed E-state index contributed by atoms with van der Waals surface area (Å²) in [5.41, 5.74) is 3.83. The van der Waals surface area contributed by atoms with E-state index >= 15 is 0 Å². The van der Waals surface area contributed by atoms with Gasteiger partial charge in [0.25, 0.3) is 0 Å². The van der Waals surface area contributed by atoms with Crippen LogP contribution in [-0.4, -0.2) is 21.5 Å². The lowest BCUT2D eigenvalue weighted by atomic mass is 10.4. The average molecular weight is 222 g/mol. The van der Waals surface area contributed by atoms with Crippen LogP contribution in [0.1, 0.15) is 19.0 Å². The lowest BCUT2D eigenvalue weighted by Gasteiger charge is -1.98. The lowest BCUT2D eigenvalue weighted by molar-refractivity contribution is 0.666. The fourth-order valence-electron chi connectivity index (χ4n) is 1.31. The summed E-state index contributed by atoms with van der Waals surface area (Å²) in [5, 5.41) is 5.31. The first-order valence-corrected chi connectivity index (χ1v) is 5.97. The fourth-order valence-corrected chi connectivity index (χ4v) is 1.85. The monoisotopic (exact) mass is 222 g/mol. The molecule has 0 spiro atoms. The molecule has 2 N–H and O–H groups in total. The minimum Gasteiger partial charge on any atom is -0.339 e. The zero-order valence-corrected chi connectivity index (χ0v) is 9.47. The van der Waals surface area contributed by atoms with Crippen LogP contribution in [0, 0.1) is 0 Å². The van der Waals surface area contributed by atoms with Gasteiger partial charge in [-0.3, -0.25) is 0 Å². The molecule has 4 nitrogen and oxygen atoms in total. The second-order valence-electron chi connectivity index (χ2n) is 3.31. The zero-order valence-electron chi connectivity index (χ0n) is 8.66. The van der Waals surface area contributed by atoms with Crippen molar-refractivity contribution in [3.05, 3.63) is 22.8 Å². The van der Waals surface area contributed by atoms with Gasteiger partial charge in [-0.15, -0.1) is 11.3 Å². The van der Waals surface area contributed by atoms with Gasteiger partial charge >= 0.3 is 0 Å². The number of nitrogens with one attached hydrogen (secondary N) is 2. The van der Waals surface area contributed by atoms with Crippen molar-refractivity contribution in [2.75, 3.05) is 6.54 Å². The maximum Gasteiger partial charge on any atom is 0.157 e. The van der Waals surface area contributed by atoms with Gasteiger partial charge < -0.3 is 10.3 Å². The Kier molecular flexibility index (Phi) is 3.47. The summed E-state index contributed by atoms with van der Waals surface area (Å²) in [6, 6.07) is 0. The van der Waals surface area contributed by atoms with E-state index in [0.29, 0.717) is 0 Å². The van der Waals surface area contributed by atoms with Crippen LogP contribution in [0.3, 0.4) is 0 Å². The van der Waals surface area contributed by atoms with E-state index in [0.717, 1.165) is 36.7 Å². The Bertz CT molecular complexity index is 393. The third-order valence-corrected chi connectivity index (χ3v) is 2.63. The van der Waals surface area contributed by atoms with Crippen LogP contribution in [0.15, 0.2) is 17.1 Å². The highest BCUT2D eigenvalue weighted by molar-refractivity contribution is 7.07. The van der Waals surface area contributed by atoms with Gasteiger partial charge in [0.15, 0.2) is 5.82 Å². The van der Waals surface area contributed by atoms with E-state index < -0.39 is 0 Å². The fraction of sp³-hybridized carbons (Fsp3) is 0.400. The molecule has 0 unspecified atom stereocenters. The van der Waals surface area contributed by atoms with E-state index in [1.807, 2.05) is 17.1 Å². The smallest absolute Gasteiger partial charge is 0.157 e. The van der Waals surface area contributed by atoms with Gasteiger partial charge in [-0.25, -0.2) is 9.97 Å². The van der Waals surface area contributed by atoms with Gasteiger partial charge in [-0.2, -0.15) is 0 Å². The predicted octanol–water partition coefficient (Wildman–Crippen LogP) is 2.03. The molecule has 5 heteroatoms. The van der Waals surface area contributed by atoms with E-state index in [1.54, 1.807) is 11.3 Å². The summed E-state index contributed by atoms with van der Waals surface area (Å²) in [6.07, 6.45) is 3.00. The highest BCUT2D eigenvalue weighted by Gasteiger charge is 2.04. The second-order valence-corrected chi connectivity index (χ2v) is 4.03. The molecule has 0 bridgehead atoms. The average Bonchev–Trinajstić information content (AvgIpc) is 2.87. The molecular formula is C10H14N4S. The molecule has 0 fully saturated rings. The standard InChI is InChI=1S/C10H14N4S/c1-2-3-11-4-8-5-12-10(14-8)9-6-15-7-13-9/h5-7,11H,2-4H2,1H3,(H,12,14). The topological polar surface area (TPSA) is 53.6 Å². The van der Waals surface area contributed by atoms with Crippen LogP contribution in [0.4, 0.5) is 0 Å². The highest BCUT2D eigenvalue weighted by atomic mass is 32.1. The molecule has 0 amide bonds. The molecule has 0 aliphatic heterocycles. The van der Waals surface area contributed by atoms with E-state index in [1.165, 1.54) is 0 Å². The number of hydrogen-bond donors (Lipinski definition) is 2. The van der Waals surface area contributed by atoms with Crippen molar-refractivity contribution in [2.45, 2.75) is 19.9 Å². The van der Waals surface area contributed by atoms with E-state index in [2.05, 4.69) is 27.2 Å². The Morgan fingerprint density at radius 1 is 1.47 bits per heavy atom. The van der Waals surface area contributed by atoms with Gasteiger partial charge in [0.1, 0.15) is 5.69 Å². The highest BCUT2D eigenvalue weighted by Crippen LogP contribution is 2.14. The van der Waals surface area contributed by atoms with Crippen molar-refractivity contribution in [1.82, 2.24) is 20.3 Å². The molecule has 0 aliphatic carbocycles. The quantitative estimate of drug-likeness (QED) is 0.761. The first-order chi connectivity index (χ1) is 7.40. The minimum atomic E-state index is 0.838. The second kappa shape index (κ2) is 5.04. The van der Waals surface area contributed by atoms with Crippen LogP contribution in [0.2, 0.25) is 0 Å². The molecule has 2 aromatic rings. The molecule has 0 atom stereocenters.